The molecule has 1 heterocycles. The van der Waals surface area contributed by atoms with Gasteiger partial charge in [-0.3, -0.25) is 14.9 Å². The van der Waals surface area contributed by atoms with Crippen LogP contribution in [0.2, 0.25) is 0 Å². The standard InChI is InChI=1S/C16H20N2O7/c1-23-13-6-5-11(18(21)22)8-10(13)9-12(16(20)24-2)17-15(19)14-4-3-7-25-14/h5-6,8,12,14H,3-4,7,9H2,1-2H3,(H,17,19)/t12-,14+/m1/s1. The monoisotopic (exact) mass is 352 g/mol. The number of hydrogen-bond acceptors (Lipinski definition) is 7. The normalized spacial score (nSPS) is 17.6. The number of nitrogens with one attached hydrogen (secondary N) is 1. The molecule has 25 heavy (non-hydrogen) atoms. The number of non-ortho nitro benzene ring substituents is 1. The molecule has 1 amide bonds. The maximum atomic E-state index is 12.2. The van der Waals surface area contributed by atoms with Crippen molar-refractivity contribution in [3.63, 3.8) is 0 Å². The van der Waals surface area contributed by atoms with Crippen LogP contribution in [0.25, 0.3) is 0 Å². The van der Waals surface area contributed by atoms with Gasteiger partial charge in [-0.05, 0) is 18.9 Å². The Labute approximate surface area is 144 Å². The second-order valence-electron chi connectivity index (χ2n) is 5.54. The zero-order chi connectivity index (χ0) is 18.4. The molecule has 0 spiro atoms. The summed E-state index contributed by atoms with van der Waals surface area (Å²) < 4.78 is 15.2. The van der Waals surface area contributed by atoms with Crippen LogP contribution in [0.1, 0.15) is 18.4 Å². The highest BCUT2D eigenvalue weighted by atomic mass is 16.6. The highest BCUT2D eigenvalue weighted by molar-refractivity contribution is 5.87. The van der Waals surface area contributed by atoms with Crippen molar-refractivity contribution in [2.45, 2.75) is 31.4 Å². The van der Waals surface area contributed by atoms with Crippen molar-refractivity contribution in [2.24, 2.45) is 0 Å². The van der Waals surface area contributed by atoms with Gasteiger partial charge in [0.05, 0.1) is 19.1 Å². The topological polar surface area (TPSA) is 117 Å². The Morgan fingerprint density at radius 1 is 1.44 bits per heavy atom. The van der Waals surface area contributed by atoms with Gasteiger partial charge in [0, 0.05) is 30.7 Å². The van der Waals surface area contributed by atoms with Crippen LogP contribution in [0.15, 0.2) is 18.2 Å². The maximum Gasteiger partial charge on any atom is 0.328 e. The van der Waals surface area contributed by atoms with Crippen molar-refractivity contribution in [3.8, 4) is 5.75 Å². The third-order valence-corrected chi connectivity index (χ3v) is 3.92. The van der Waals surface area contributed by atoms with Crippen LogP contribution in [0.4, 0.5) is 5.69 Å². The van der Waals surface area contributed by atoms with E-state index in [0.717, 1.165) is 6.42 Å². The van der Waals surface area contributed by atoms with Crippen LogP contribution < -0.4 is 10.1 Å². The van der Waals surface area contributed by atoms with Crippen molar-refractivity contribution < 1.29 is 28.7 Å². The Hall–Kier alpha value is -2.68. The van der Waals surface area contributed by atoms with Gasteiger partial charge in [0.25, 0.3) is 5.69 Å². The molecule has 0 aromatic heterocycles. The fourth-order valence-electron chi connectivity index (χ4n) is 2.64. The van der Waals surface area contributed by atoms with Crippen molar-refractivity contribution in [1.82, 2.24) is 5.32 Å². The first kappa shape index (κ1) is 18.7. The molecule has 1 aromatic rings. The third-order valence-electron chi connectivity index (χ3n) is 3.92. The first-order valence-corrected chi connectivity index (χ1v) is 7.77. The Morgan fingerprint density at radius 3 is 2.76 bits per heavy atom. The number of methoxy groups -OCH3 is 2. The number of nitro groups is 1. The average molecular weight is 352 g/mol. The number of ether oxygens (including phenoxy) is 3. The summed E-state index contributed by atoms with van der Waals surface area (Å²) in [5.74, 6) is -0.678. The van der Waals surface area contributed by atoms with Gasteiger partial charge < -0.3 is 19.5 Å². The second kappa shape index (κ2) is 8.43. The molecular weight excluding hydrogens is 332 g/mol. The number of hydrogen-bond donors (Lipinski definition) is 1. The molecule has 1 saturated heterocycles. The van der Waals surface area contributed by atoms with Crippen LogP contribution >= 0.6 is 0 Å². The van der Waals surface area contributed by atoms with Crippen LogP contribution in [-0.4, -0.2) is 49.8 Å². The molecule has 1 aromatic carbocycles. The summed E-state index contributed by atoms with van der Waals surface area (Å²) >= 11 is 0. The van der Waals surface area contributed by atoms with E-state index in [1.807, 2.05) is 0 Å². The molecule has 0 bridgehead atoms. The minimum Gasteiger partial charge on any atom is -0.496 e. The molecule has 1 aliphatic rings. The van der Waals surface area contributed by atoms with E-state index in [2.05, 4.69) is 5.32 Å². The van der Waals surface area contributed by atoms with Gasteiger partial charge in [0.15, 0.2) is 0 Å². The van der Waals surface area contributed by atoms with Crippen molar-refractivity contribution >= 4 is 17.6 Å². The van der Waals surface area contributed by atoms with Gasteiger partial charge in [-0.25, -0.2) is 4.79 Å². The molecule has 9 heteroatoms. The first-order chi connectivity index (χ1) is 12.0. The molecule has 1 N–H and O–H groups in total. The lowest BCUT2D eigenvalue weighted by atomic mass is 10.0. The molecule has 0 aliphatic carbocycles. The molecule has 0 radical (unpaired) electrons. The number of rotatable bonds is 7. The van der Waals surface area contributed by atoms with E-state index in [1.54, 1.807) is 0 Å². The summed E-state index contributed by atoms with van der Waals surface area (Å²) in [7, 11) is 2.63. The van der Waals surface area contributed by atoms with E-state index in [0.29, 0.717) is 24.3 Å². The fraction of sp³-hybridized carbons (Fsp3) is 0.500. The zero-order valence-electron chi connectivity index (χ0n) is 14.0. The number of amides is 1. The quantitative estimate of drug-likeness (QED) is 0.441. The minimum atomic E-state index is -1.00. The van der Waals surface area contributed by atoms with E-state index in [9.17, 15) is 19.7 Å². The number of carbonyl (C=O) groups is 2. The van der Waals surface area contributed by atoms with E-state index in [1.165, 1.54) is 32.4 Å². The molecule has 0 unspecified atom stereocenters. The molecular formula is C16H20N2O7. The van der Waals surface area contributed by atoms with Gasteiger partial charge in [0.1, 0.15) is 17.9 Å². The van der Waals surface area contributed by atoms with Crippen LogP contribution in [0.5, 0.6) is 5.75 Å². The Bertz CT molecular complexity index is 656. The number of nitrogens with zero attached hydrogens (tertiary/aromatic N) is 1. The SMILES string of the molecule is COC(=O)[C@@H](Cc1cc([N+](=O)[O-])ccc1OC)NC(=O)[C@@H]1CCCO1. The molecule has 136 valence electrons. The summed E-state index contributed by atoms with van der Waals surface area (Å²) in [6.07, 6.45) is 0.759. The van der Waals surface area contributed by atoms with E-state index in [-0.39, 0.29) is 12.1 Å². The largest absolute Gasteiger partial charge is 0.496 e. The summed E-state index contributed by atoms with van der Waals surface area (Å²) in [4.78, 5) is 34.7. The van der Waals surface area contributed by atoms with Gasteiger partial charge in [-0.2, -0.15) is 0 Å². The van der Waals surface area contributed by atoms with Gasteiger partial charge in [-0.1, -0.05) is 0 Å². The summed E-state index contributed by atoms with van der Waals surface area (Å²) in [5.41, 5.74) is 0.282. The summed E-state index contributed by atoms with van der Waals surface area (Å²) in [5, 5.41) is 13.6. The van der Waals surface area contributed by atoms with Crippen molar-refractivity contribution in [1.29, 1.82) is 0 Å². The summed E-state index contributed by atoms with van der Waals surface area (Å²) in [6.45, 7) is 0.500. The predicted octanol–water partition coefficient (Wildman–Crippen LogP) is 0.983. The molecule has 2 rings (SSSR count). The second-order valence-corrected chi connectivity index (χ2v) is 5.54. The van der Waals surface area contributed by atoms with E-state index in [4.69, 9.17) is 14.2 Å². The smallest absolute Gasteiger partial charge is 0.328 e. The Balaban J connectivity index is 2.21. The van der Waals surface area contributed by atoms with Crippen LogP contribution in [0, 0.1) is 10.1 Å². The number of nitro benzene ring substituents is 1. The highest BCUT2D eigenvalue weighted by Crippen LogP contribution is 2.25. The average Bonchev–Trinajstić information content (AvgIpc) is 3.15. The lowest BCUT2D eigenvalue weighted by Gasteiger charge is -2.19. The molecule has 2 atom stereocenters. The number of carbonyl (C=O) groups excluding carboxylic acids is 2. The Kier molecular flexibility index (Phi) is 6.29. The van der Waals surface area contributed by atoms with Crippen LogP contribution in [-0.2, 0) is 25.5 Å². The van der Waals surface area contributed by atoms with Gasteiger partial charge >= 0.3 is 5.97 Å². The van der Waals surface area contributed by atoms with Gasteiger partial charge in [-0.15, -0.1) is 0 Å². The van der Waals surface area contributed by atoms with Gasteiger partial charge in [0.2, 0.25) is 5.91 Å². The third kappa shape index (κ3) is 4.66. The lowest BCUT2D eigenvalue weighted by Crippen LogP contribution is -2.47. The maximum absolute atomic E-state index is 12.2. The van der Waals surface area contributed by atoms with Crippen LogP contribution in [0.3, 0.4) is 0 Å². The fourth-order valence-corrected chi connectivity index (χ4v) is 2.64. The first-order valence-electron chi connectivity index (χ1n) is 7.77. The van der Waals surface area contributed by atoms with E-state index < -0.39 is 28.9 Å². The molecule has 1 fully saturated rings. The number of esters is 1. The number of benzene rings is 1. The summed E-state index contributed by atoms with van der Waals surface area (Å²) in [6, 6.07) is 3.06. The van der Waals surface area contributed by atoms with Crippen molar-refractivity contribution in [2.75, 3.05) is 20.8 Å². The molecule has 1 aliphatic heterocycles. The predicted molar refractivity (Wildman–Crippen MR) is 86.3 cm³/mol. The Morgan fingerprint density at radius 2 is 2.20 bits per heavy atom. The molecule has 0 saturated carbocycles. The van der Waals surface area contributed by atoms with E-state index >= 15 is 0 Å². The minimum absolute atomic E-state index is 0.00398. The lowest BCUT2D eigenvalue weighted by molar-refractivity contribution is -0.384. The van der Waals surface area contributed by atoms with Crippen molar-refractivity contribution in [3.05, 3.63) is 33.9 Å². The highest BCUT2D eigenvalue weighted by Gasteiger charge is 2.30. The zero-order valence-corrected chi connectivity index (χ0v) is 14.0. The molecule has 9 nitrogen and oxygen atoms in total.